The summed E-state index contributed by atoms with van der Waals surface area (Å²) in [6.45, 7) is 0.862. The number of nitrogens with one attached hydrogen (secondary N) is 1. The van der Waals surface area contributed by atoms with Crippen LogP contribution >= 0.6 is 39.1 Å². The van der Waals surface area contributed by atoms with E-state index in [4.69, 9.17) is 28.9 Å². The SMILES string of the molecule is NCCNC(=O)C1N(C(=O)c2cccc(Br)c2)CCN1C(=O)c1ccc(Cl)c(Cl)c1. The number of halogens is 3. The van der Waals surface area contributed by atoms with E-state index < -0.39 is 18.0 Å². The molecular weight excluding hydrogens is 495 g/mol. The van der Waals surface area contributed by atoms with Gasteiger partial charge in [0, 0.05) is 41.8 Å². The van der Waals surface area contributed by atoms with Crippen molar-refractivity contribution in [2.45, 2.75) is 6.17 Å². The summed E-state index contributed by atoms with van der Waals surface area (Å²) in [4.78, 5) is 41.8. The van der Waals surface area contributed by atoms with Crippen molar-refractivity contribution in [1.82, 2.24) is 15.1 Å². The van der Waals surface area contributed by atoms with Crippen molar-refractivity contribution in [3.63, 3.8) is 0 Å². The van der Waals surface area contributed by atoms with Gasteiger partial charge in [-0.25, -0.2) is 0 Å². The Balaban J connectivity index is 1.92. The monoisotopic (exact) mass is 512 g/mol. The average molecular weight is 514 g/mol. The van der Waals surface area contributed by atoms with Crippen molar-refractivity contribution in [3.8, 4) is 0 Å². The molecule has 0 spiro atoms. The summed E-state index contributed by atoms with van der Waals surface area (Å²) in [6.07, 6.45) is -1.11. The van der Waals surface area contributed by atoms with Crippen LogP contribution in [0.15, 0.2) is 46.9 Å². The molecule has 10 heteroatoms. The Morgan fingerprint density at radius 2 is 1.63 bits per heavy atom. The molecule has 2 aromatic rings. The number of rotatable bonds is 5. The van der Waals surface area contributed by atoms with Gasteiger partial charge >= 0.3 is 0 Å². The molecule has 0 aliphatic carbocycles. The van der Waals surface area contributed by atoms with Crippen LogP contribution in [0, 0.1) is 0 Å². The first-order chi connectivity index (χ1) is 14.3. The van der Waals surface area contributed by atoms with E-state index in [0.717, 1.165) is 4.47 Å². The lowest BCUT2D eigenvalue weighted by atomic mass is 10.1. The predicted molar refractivity (Wildman–Crippen MR) is 119 cm³/mol. The quantitative estimate of drug-likeness (QED) is 0.642. The predicted octanol–water partition coefficient (Wildman–Crippen LogP) is 2.76. The number of carbonyl (C=O) groups excluding carboxylic acids is 3. The first-order valence-corrected chi connectivity index (χ1v) is 10.7. The zero-order valence-electron chi connectivity index (χ0n) is 15.8. The second kappa shape index (κ2) is 9.78. The number of amides is 3. The Kier molecular flexibility index (Phi) is 7.36. The van der Waals surface area contributed by atoms with Crippen LogP contribution in [0.1, 0.15) is 20.7 Å². The molecule has 0 aromatic heterocycles. The van der Waals surface area contributed by atoms with E-state index in [2.05, 4.69) is 21.2 Å². The highest BCUT2D eigenvalue weighted by molar-refractivity contribution is 9.10. The largest absolute Gasteiger partial charge is 0.351 e. The third-order valence-corrected chi connectivity index (χ3v) is 5.84. The summed E-state index contributed by atoms with van der Waals surface area (Å²) in [7, 11) is 0. The van der Waals surface area contributed by atoms with Crippen LogP contribution in [0.4, 0.5) is 0 Å². The Hall–Kier alpha value is -2.13. The minimum Gasteiger partial charge on any atom is -0.351 e. The minimum atomic E-state index is -1.11. The van der Waals surface area contributed by atoms with Crippen LogP contribution in [0.5, 0.6) is 0 Å². The number of nitrogens with two attached hydrogens (primary N) is 1. The summed E-state index contributed by atoms with van der Waals surface area (Å²) in [5.74, 6) is -1.26. The van der Waals surface area contributed by atoms with Crippen LogP contribution in [0.25, 0.3) is 0 Å². The number of nitrogens with zero attached hydrogens (tertiary/aromatic N) is 2. The maximum absolute atomic E-state index is 13.1. The van der Waals surface area contributed by atoms with E-state index in [9.17, 15) is 14.4 Å². The van der Waals surface area contributed by atoms with Gasteiger partial charge < -0.3 is 20.9 Å². The van der Waals surface area contributed by atoms with Gasteiger partial charge in [-0.2, -0.15) is 0 Å². The van der Waals surface area contributed by atoms with Gasteiger partial charge in [-0.15, -0.1) is 0 Å². The molecule has 158 valence electrons. The molecule has 1 atom stereocenters. The topological polar surface area (TPSA) is 95.7 Å². The van der Waals surface area contributed by atoms with Gasteiger partial charge in [0.1, 0.15) is 0 Å². The molecule has 3 amide bonds. The van der Waals surface area contributed by atoms with Gasteiger partial charge in [-0.3, -0.25) is 14.4 Å². The van der Waals surface area contributed by atoms with Crippen LogP contribution < -0.4 is 11.1 Å². The minimum absolute atomic E-state index is 0.194. The Morgan fingerprint density at radius 1 is 1.00 bits per heavy atom. The van der Waals surface area contributed by atoms with Crippen LogP contribution in [-0.4, -0.2) is 59.9 Å². The highest BCUT2D eigenvalue weighted by Gasteiger charge is 2.43. The number of hydrogen-bond donors (Lipinski definition) is 2. The number of hydrogen-bond acceptors (Lipinski definition) is 4. The normalized spacial score (nSPS) is 15.9. The average Bonchev–Trinajstić information content (AvgIpc) is 3.18. The van der Waals surface area contributed by atoms with E-state index in [1.54, 1.807) is 24.3 Å². The van der Waals surface area contributed by atoms with Crippen molar-refractivity contribution in [2.24, 2.45) is 5.73 Å². The molecule has 0 saturated carbocycles. The van der Waals surface area contributed by atoms with Gasteiger partial charge in [-0.1, -0.05) is 45.2 Å². The van der Waals surface area contributed by atoms with Crippen molar-refractivity contribution < 1.29 is 14.4 Å². The van der Waals surface area contributed by atoms with Gasteiger partial charge in [0.25, 0.3) is 17.7 Å². The summed E-state index contributed by atoms with van der Waals surface area (Å²) < 4.78 is 0.736. The maximum Gasteiger partial charge on any atom is 0.263 e. The van der Waals surface area contributed by atoms with Gasteiger partial charge in [0.05, 0.1) is 10.0 Å². The van der Waals surface area contributed by atoms with Gasteiger partial charge in [0.2, 0.25) is 0 Å². The summed E-state index contributed by atoms with van der Waals surface area (Å²) in [5, 5.41) is 3.22. The first kappa shape index (κ1) is 22.6. The molecule has 30 heavy (non-hydrogen) atoms. The molecule has 1 aliphatic heterocycles. The van der Waals surface area contributed by atoms with Crippen molar-refractivity contribution in [2.75, 3.05) is 26.2 Å². The fourth-order valence-corrected chi connectivity index (χ4v) is 3.90. The Bertz CT molecular complexity index is 988. The zero-order valence-corrected chi connectivity index (χ0v) is 18.9. The zero-order chi connectivity index (χ0) is 21.8. The van der Waals surface area contributed by atoms with Crippen LogP contribution in [0.2, 0.25) is 10.0 Å². The van der Waals surface area contributed by atoms with Crippen molar-refractivity contribution in [3.05, 3.63) is 68.1 Å². The number of benzene rings is 2. The third kappa shape index (κ3) is 4.78. The molecule has 3 rings (SSSR count). The molecule has 1 fully saturated rings. The Labute approximate surface area is 192 Å². The lowest BCUT2D eigenvalue weighted by Crippen LogP contribution is -2.54. The first-order valence-electron chi connectivity index (χ1n) is 9.14. The molecule has 2 aromatic carbocycles. The molecule has 1 unspecified atom stereocenters. The van der Waals surface area contributed by atoms with E-state index in [0.29, 0.717) is 10.6 Å². The third-order valence-electron chi connectivity index (χ3n) is 4.61. The highest BCUT2D eigenvalue weighted by atomic mass is 79.9. The lowest BCUT2D eigenvalue weighted by molar-refractivity contribution is -0.128. The van der Waals surface area contributed by atoms with Crippen LogP contribution in [-0.2, 0) is 4.79 Å². The fraction of sp³-hybridized carbons (Fsp3) is 0.250. The second-order valence-electron chi connectivity index (χ2n) is 6.59. The molecule has 1 heterocycles. The van der Waals surface area contributed by atoms with Gasteiger partial charge in [0.15, 0.2) is 6.17 Å². The molecular formula is C20H19BrCl2N4O3. The van der Waals surface area contributed by atoms with Crippen molar-refractivity contribution in [1.29, 1.82) is 0 Å². The van der Waals surface area contributed by atoms with E-state index >= 15 is 0 Å². The van der Waals surface area contributed by atoms with Crippen LogP contribution in [0.3, 0.4) is 0 Å². The molecule has 1 saturated heterocycles. The lowest BCUT2D eigenvalue weighted by Gasteiger charge is -2.29. The Morgan fingerprint density at radius 3 is 2.20 bits per heavy atom. The number of carbonyl (C=O) groups is 3. The van der Waals surface area contributed by atoms with E-state index in [-0.39, 0.29) is 42.7 Å². The second-order valence-corrected chi connectivity index (χ2v) is 8.32. The standard InChI is InChI=1S/C20H19BrCl2N4O3/c21-14-3-1-2-12(10-14)19(29)26-8-9-27(18(26)17(28)25-7-6-24)20(30)13-4-5-15(22)16(23)11-13/h1-5,10-11,18H,6-9,24H2,(H,25,28). The summed E-state index contributed by atoms with van der Waals surface area (Å²) >= 11 is 15.3. The van der Waals surface area contributed by atoms with E-state index in [1.165, 1.54) is 28.0 Å². The fourth-order valence-electron chi connectivity index (χ4n) is 3.21. The maximum atomic E-state index is 13.1. The van der Waals surface area contributed by atoms with E-state index in [1.807, 2.05) is 0 Å². The molecule has 7 nitrogen and oxygen atoms in total. The molecule has 0 radical (unpaired) electrons. The smallest absolute Gasteiger partial charge is 0.263 e. The highest BCUT2D eigenvalue weighted by Crippen LogP contribution is 2.26. The van der Waals surface area contributed by atoms with Gasteiger partial charge in [-0.05, 0) is 36.4 Å². The summed E-state index contributed by atoms with van der Waals surface area (Å²) in [6, 6.07) is 11.3. The molecule has 3 N–H and O–H groups in total. The summed E-state index contributed by atoms with van der Waals surface area (Å²) in [5.41, 5.74) is 6.17. The van der Waals surface area contributed by atoms with Crippen molar-refractivity contribution >= 4 is 56.9 Å². The molecule has 1 aliphatic rings. The molecule has 0 bridgehead atoms.